The highest BCUT2D eigenvalue weighted by Gasteiger charge is 2.07. The highest BCUT2D eigenvalue weighted by atomic mass is 79.9. The van der Waals surface area contributed by atoms with E-state index in [0.29, 0.717) is 21.3 Å². The largest absolute Gasteiger partial charge is 0.470 e. The lowest BCUT2D eigenvalue weighted by Crippen LogP contribution is -1.89. The van der Waals surface area contributed by atoms with Crippen molar-refractivity contribution in [1.82, 2.24) is 4.98 Å². The standard InChI is InChI=1S/C6H6BrNO2S/c1-2-10-6-8-5(7)4(3-9)11-6/h3H,2H2,1H3. The first-order chi connectivity index (χ1) is 5.27. The van der Waals surface area contributed by atoms with E-state index in [1.54, 1.807) is 0 Å². The molecule has 0 aliphatic carbocycles. The molecule has 3 nitrogen and oxygen atoms in total. The van der Waals surface area contributed by atoms with Gasteiger partial charge in [0, 0.05) is 0 Å². The Kier molecular flexibility index (Phi) is 3.02. The fourth-order valence-corrected chi connectivity index (χ4v) is 1.85. The topological polar surface area (TPSA) is 39.2 Å². The number of ether oxygens (including phenoxy) is 1. The molecule has 0 aromatic carbocycles. The van der Waals surface area contributed by atoms with E-state index in [9.17, 15) is 4.79 Å². The van der Waals surface area contributed by atoms with Crippen LogP contribution < -0.4 is 4.74 Å². The molecule has 0 saturated carbocycles. The van der Waals surface area contributed by atoms with Crippen LogP contribution in [0, 0.1) is 0 Å². The third-order valence-corrected chi connectivity index (χ3v) is 2.73. The van der Waals surface area contributed by atoms with Crippen LogP contribution in [0.4, 0.5) is 0 Å². The van der Waals surface area contributed by atoms with Gasteiger partial charge in [0.05, 0.1) is 6.61 Å². The highest BCUT2D eigenvalue weighted by molar-refractivity contribution is 9.10. The number of aldehydes is 1. The number of hydrogen-bond donors (Lipinski definition) is 0. The van der Waals surface area contributed by atoms with Gasteiger partial charge in [-0.25, -0.2) is 0 Å². The highest BCUT2D eigenvalue weighted by Crippen LogP contribution is 2.27. The smallest absolute Gasteiger partial charge is 0.274 e. The van der Waals surface area contributed by atoms with Crippen molar-refractivity contribution in [3.05, 3.63) is 9.48 Å². The van der Waals surface area contributed by atoms with Gasteiger partial charge >= 0.3 is 0 Å². The summed E-state index contributed by atoms with van der Waals surface area (Å²) in [5.74, 6) is 0. The molecular formula is C6H6BrNO2S. The first-order valence-corrected chi connectivity index (χ1v) is 4.63. The number of carbonyl (C=O) groups excluding carboxylic acids is 1. The van der Waals surface area contributed by atoms with Crippen molar-refractivity contribution < 1.29 is 9.53 Å². The average molecular weight is 236 g/mol. The molecule has 0 spiro atoms. The fraction of sp³-hybridized carbons (Fsp3) is 0.333. The molecule has 0 fully saturated rings. The molecule has 1 rings (SSSR count). The van der Waals surface area contributed by atoms with Crippen LogP contribution in [0.25, 0.3) is 0 Å². The summed E-state index contributed by atoms with van der Waals surface area (Å²) in [6, 6.07) is 0. The normalized spacial score (nSPS) is 9.64. The summed E-state index contributed by atoms with van der Waals surface area (Å²) in [7, 11) is 0. The maximum atomic E-state index is 10.3. The number of aromatic nitrogens is 1. The number of nitrogens with zero attached hydrogens (tertiary/aromatic N) is 1. The van der Waals surface area contributed by atoms with Gasteiger partial charge in [-0.2, -0.15) is 4.98 Å². The van der Waals surface area contributed by atoms with E-state index in [2.05, 4.69) is 20.9 Å². The number of rotatable bonds is 3. The molecule has 11 heavy (non-hydrogen) atoms. The summed E-state index contributed by atoms with van der Waals surface area (Å²) in [6.45, 7) is 2.44. The molecule has 0 N–H and O–H groups in total. The van der Waals surface area contributed by atoms with E-state index < -0.39 is 0 Å². The maximum absolute atomic E-state index is 10.3. The Bertz CT molecular complexity index is 261. The van der Waals surface area contributed by atoms with Crippen molar-refractivity contribution in [1.29, 1.82) is 0 Å². The Morgan fingerprint density at radius 1 is 1.82 bits per heavy atom. The number of thiazole rings is 1. The molecule has 1 heterocycles. The van der Waals surface area contributed by atoms with Gasteiger partial charge < -0.3 is 4.74 Å². The van der Waals surface area contributed by atoms with Crippen LogP contribution >= 0.6 is 27.3 Å². The third kappa shape index (κ3) is 2.00. The van der Waals surface area contributed by atoms with Crippen molar-refractivity contribution in [2.24, 2.45) is 0 Å². The van der Waals surface area contributed by atoms with Gasteiger partial charge in [0.1, 0.15) is 9.48 Å². The van der Waals surface area contributed by atoms with Crippen LogP contribution in [0.5, 0.6) is 5.19 Å². The van der Waals surface area contributed by atoms with Crippen molar-refractivity contribution in [2.45, 2.75) is 6.92 Å². The minimum absolute atomic E-state index is 0.529. The molecule has 0 amide bonds. The van der Waals surface area contributed by atoms with Crippen molar-refractivity contribution in [3.63, 3.8) is 0 Å². The minimum atomic E-state index is 0.529. The van der Waals surface area contributed by atoms with Gasteiger partial charge in [-0.05, 0) is 22.9 Å². The van der Waals surface area contributed by atoms with Crippen LogP contribution in [0.3, 0.4) is 0 Å². The van der Waals surface area contributed by atoms with E-state index in [1.807, 2.05) is 6.92 Å². The van der Waals surface area contributed by atoms with Gasteiger partial charge in [-0.3, -0.25) is 4.79 Å². The molecule has 1 aromatic heterocycles. The van der Waals surface area contributed by atoms with Gasteiger partial charge in [0.15, 0.2) is 6.29 Å². The van der Waals surface area contributed by atoms with Crippen molar-refractivity contribution in [2.75, 3.05) is 6.61 Å². The average Bonchev–Trinajstić information content (AvgIpc) is 2.32. The van der Waals surface area contributed by atoms with Crippen molar-refractivity contribution >= 4 is 33.6 Å². The summed E-state index contributed by atoms with van der Waals surface area (Å²) in [5.41, 5.74) is 0. The Morgan fingerprint density at radius 3 is 3.00 bits per heavy atom. The first-order valence-electron chi connectivity index (χ1n) is 3.02. The number of halogens is 1. The molecule has 0 radical (unpaired) electrons. The Hall–Kier alpha value is -0.420. The monoisotopic (exact) mass is 235 g/mol. The van der Waals surface area contributed by atoms with Gasteiger partial charge in [-0.1, -0.05) is 11.3 Å². The molecule has 1 aromatic rings. The first kappa shape index (κ1) is 8.67. The summed E-state index contributed by atoms with van der Waals surface area (Å²) in [4.78, 5) is 14.8. The predicted molar refractivity (Wildman–Crippen MR) is 46.4 cm³/mol. The molecule has 5 heteroatoms. The van der Waals surface area contributed by atoms with E-state index in [1.165, 1.54) is 11.3 Å². The number of carbonyl (C=O) groups is 1. The SMILES string of the molecule is CCOc1nc(Br)c(C=O)s1. The Balaban J connectivity index is 2.86. The second-order valence-electron chi connectivity index (χ2n) is 1.69. The van der Waals surface area contributed by atoms with Crippen LogP contribution in [-0.2, 0) is 0 Å². The molecule has 0 aliphatic rings. The van der Waals surface area contributed by atoms with Crippen LogP contribution in [0.15, 0.2) is 4.60 Å². The zero-order valence-corrected chi connectivity index (χ0v) is 8.24. The molecule has 0 atom stereocenters. The summed E-state index contributed by atoms with van der Waals surface area (Å²) < 4.78 is 5.64. The quantitative estimate of drug-likeness (QED) is 0.754. The molecule has 0 bridgehead atoms. The summed E-state index contributed by atoms with van der Waals surface area (Å²) >= 11 is 4.37. The maximum Gasteiger partial charge on any atom is 0.274 e. The van der Waals surface area contributed by atoms with E-state index in [4.69, 9.17) is 4.74 Å². The molecule has 0 aliphatic heterocycles. The van der Waals surface area contributed by atoms with Crippen LogP contribution in [0.2, 0.25) is 0 Å². The van der Waals surface area contributed by atoms with Gasteiger partial charge in [0.25, 0.3) is 5.19 Å². The Labute approximate surface area is 76.5 Å². The molecule has 60 valence electrons. The second kappa shape index (κ2) is 3.82. The van der Waals surface area contributed by atoms with Crippen LogP contribution in [-0.4, -0.2) is 17.9 Å². The van der Waals surface area contributed by atoms with E-state index in [0.717, 1.165) is 6.29 Å². The Morgan fingerprint density at radius 2 is 2.55 bits per heavy atom. The second-order valence-corrected chi connectivity index (χ2v) is 3.43. The molecule has 0 unspecified atom stereocenters. The van der Waals surface area contributed by atoms with E-state index >= 15 is 0 Å². The van der Waals surface area contributed by atoms with Gasteiger partial charge in [-0.15, -0.1) is 0 Å². The predicted octanol–water partition coefficient (Wildman–Crippen LogP) is 2.12. The van der Waals surface area contributed by atoms with Gasteiger partial charge in [0.2, 0.25) is 0 Å². The van der Waals surface area contributed by atoms with E-state index in [-0.39, 0.29) is 0 Å². The lowest BCUT2D eigenvalue weighted by Gasteiger charge is -1.92. The van der Waals surface area contributed by atoms with Crippen LogP contribution in [0.1, 0.15) is 16.6 Å². The molecule has 0 saturated heterocycles. The zero-order valence-electron chi connectivity index (χ0n) is 5.83. The summed E-state index contributed by atoms with van der Waals surface area (Å²) in [5, 5.41) is 0.529. The fourth-order valence-electron chi connectivity index (χ4n) is 0.552. The van der Waals surface area contributed by atoms with Crippen molar-refractivity contribution in [3.8, 4) is 5.19 Å². The lowest BCUT2D eigenvalue weighted by molar-refractivity contribution is 0.112. The number of hydrogen-bond acceptors (Lipinski definition) is 4. The zero-order chi connectivity index (χ0) is 8.27. The molecular weight excluding hydrogens is 230 g/mol. The summed E-state index contributed by atoms with van der Waals surface area (Å²) in [6.07, 6.45) is 0.754. The minimum Gasteiger partial charge on any atom is -0.470 e. The lowest BCUT2D eigenvalue weighted by atomic mass is 10.6. The third-order valence-electron chi connectivity index (χ3n) is 0.965.